The molecule has 110 valence electrons. The highest BCUT2D eigenvalue weighted by Crippen LogP contribution is 2.36. The number of hydrogen-bond acceptors (Lipinski definition) is 2. The topological polar surface area (TPSA) is 18.5 Å². The van der Waals surface area contributed by atoms with Crippen molar-refractivity contribution in [3.8, 4) is 5.75 Å². The zero-order valence-electron chi connectivity index (χ0n) is 12.7. The van der Waals surface area contributed by atoms with Gasteiger partial charge in [0.1, 0.15) is 5.75 Å². The molecular formula is C18H26O2. The van der Waals surface area contributed by atoms with Crippen LogP contribution >= 0.6 is 0 Å². The lowest BCUT2D eigenvalue weighted by atomic mass is 9.78. The van der Waals surface area contributed by atoms with Crippen LogP contribution in [0.15, 0.2) is 36.4 Å². The van der Waals surface area contributed by atoms with Crippen LogP contribution in [0.3, 0.4) is 0 Å². The monoisotopic (exact) mass is 274 g/mol. The van der Waals surface area contributed by atoms with Crippen LogP contribution in [0.5, 0.6) is 5.75 Å². The Kier molecular flexibility index (Phi) is 6.13. The fourth-order valence-corrected chi connectivity index (χ4v) is 2.99. The van der Waals surface area contributed by atoms with Crippen molar-refractivity contribution in [1.29, 1.82) is 0 Å². The molecule has 1 saturated carbocycles. The summed E-state index contributed by atoms with van der Waals surface area (Å²) in [6.07, 6.45) is 9.64. The molecule has 0 saturated heterocycles. The first-order valence-corrected chi connectivity index (χ1v) is 7.71. The van der Waals surface area contributed by atoms with E-state index in [1.165, 1.54) is 31.2 Å². The Balaban J connectivity index is 1.83. The van der Waals surface area contributed by atoms with Crippen LogP contribution in [-0.4, -0.2) is 20.3 Å². The first kappa shape index (κ1) is 15.1. The second kappa shape index (κ2) is 8.11. The third kappa shape index (κ3) is 4.38. The van der Waals surface area contributed by atoms with Gasteiger partial charge in [0, 0.05) is 7.11 Å². The lowest BCUT2D eigenvalue weighted by Gasteiger charge is -2.27. The fraction of sp³-hybridized carbons (Fsp3) is 0.556. The Labute approximate surface area is 122 Å². The zero-order chi connectivity index (χ0) is 14.2. The lowest BCUT2D eigenvalue weighted by Crippen LogP contribution is -2.11. The average molecular weight is 274 g/mol. The maximum absolute atomic E-state index is 5.50. The largest absolute Gasteiger partial charge is 0.494 e. The molecule has 0 radical (unpaired) electrons. The summed E-state index contributed by atoms with van der Waals surface area (Å²) >= 11 is 0. The first-order valence-electron chi connectivity index (χ1n) is 7.71. The molecule has 0 aliphatic heterocycles. The van der Waals surface area contributed by atoms with Gasteiger partial charge >= 0.3 is 0 Å². The van der Waals surface area contributed by atoms with Gasteiger partial charge in [0.25, 0.3) is 0 Å². The predicted octanol–water partition coefficient (Wildman–Crippen LogP) is 4.56. The zero-order valence-corrected chi connectivity index (χ0v) is 12.7. The van der Waals surface area contributed by atoms with E-state index in [2.05, 4.69) is 36.4 Å². The van der Waals surface area contributed by atoms with Gasteiger partial charge in [0.05, 0.1) is 13.2 Å². The van der Waals surface area contributed by atoms with Gasteiger partial charge in [-0.3, -0.25) is 0 Å². The van der Waals surface area contributed by atoms with Crippen LogP contribution in [0, 0.1) is 5.92 Å². The van der Waals surface area contributed by atoms with Crippen LogP contribution in [0.2, 0.25) is 0 Å². The minimum Gasteiger partial charge on any atom is -0.494 e. The molecule has 0 heterocycles. The molecule has 2 nitrogen and oxygen atoms in total. The molecule has 0 aromatic heterocycles. The van der Waals surface area contributed by atoms with Gasteiger partial charge in [0.2, 0.25) is 0 Å². The number of allylic oxidation sites excluding steroid dienone is 1. The average Bonchev–Trinajstić information content (AvgIpc) is 2.49. The molecule has 20 heavy (non-hydrogen) atoms. The molecule has 0 unspecified atom stereocenters. The van der Waals surface area contributed by atoms with Crippen LogP contribution < -0.4 is 4.74 Å². The van der Waals surface area contributed by atoms with E-state index in [4.69, 9.17) is 9.47 Å². The molecule has 0 amide bonds. The summed E-state index contributed by atoms with van der Waals surface area (Å²) in [6.45, 7) is 3.49. The van der Waals surface area contributed by atoms with Gasteiger partial charge < -0.3 is 9.47 Å². The van der Waals surface area contributed by atoms with Crippen molar-refractivity contribution < 1.29 is 9.47 Å². The van der Waals surface area contributed by atoms with Crippen molar-refractivity contribution in [2.45, 2.75) is 38.5 Å². The fourth-order valence-electron chi connectivity index (χ4n) is 2.99. The molecule has 1 aromatic rings. The van der Waals surface area contributed by atoms with E-state index in [9.17, 15) is 0 Å². The SMILES string of the molecule is CCOc1ccc(C2CCC(C=CCOC)CC2)cc1. The minimum atomic E-state index is 0.720. The molecule has 0 atom stereocenters. The Morgan fingerprint density at radius 2 is 1.80 bits per heavy atom. The number of rotatable bonds is 6. The van der Waals surface area contributed by atoms with Crippen LogP contribution in [-0.2, 0) is 4.74 Å². The van der Waals surface area contributed by atoms with Crippen LogP contribution in [0.1, 0.15) is 44.1 Å². The number of benzene rings is 1. The summed E-state index contributed by atoms with van der Waals surface area (Å²) in [5.41, 5.74) is 1.47. The summed E-state index contributed by atoms with van der Waals surface area (Å²) in [5, 5.41) is 0. The van der Waals surface area contributed by atoms with Crippen molar-refractivity contribution >= 4 is 0 Å². The highest BCUT2D eigenvalue weighted by atomic mass is 16.5. The smallest absolute Gasteiger partial charge is 0.119 e. The molecule has 2 rings (SSSR count). The summed E-state index contributed by atoms with van der Waals surface area (Å²) in [5.74, 6) is 2.44. The van der Waals surface area contributed by atoms with Gasteiger partial charge in [-0.1, -0.05) is 24.3 Å². The van der Waals surface area contributed by atoms with Crippen molar-refractivity contribution in [2.24, 2.45) is 5.92 Å². The van der Waals surface area contributed by atoms with Gasteiger partial charge in [-0.05, 0) is 62.1 Å². The van der Waals surface area contributed by atoms with E-state index in [0.29, 0.717) is 0 Å². The van der Waals surface area contributed by atoms with E-state index in [1.807, 2.05) is 6.92 Å². The predicted molar refractivity (Wildman–Crippen MR) is 83.3 cm³/mol. The molecular weight excluding hydrogens is 248 g/mol. The van der Waals surface area contributed by atoms with Crippen LogP contribution in [0.25, 0.3) is 0 Å². The van der Waals surface area contributed by atoms with E-state index in [0.717, 1.165) is 30.8 Å². The standard InChI is InChI=1S/C18H26O2/c1-3-20-18-12-10-17(11-13-18)16-8-6-15(7-9-16)5-4-14-19-2/h4-5,10-13,15-16H,3,6-9,14H2,1-2H3. The normalized spacial score (nSPS) is 23.1. The summed E-state index contributed by atoms with van der Waals surface area (Å²) in [7, 11) is 1.74. The van der Waals surface area contributed by atoms with Crippen molar-refractivity contribution in [2.75, 3.05) is 20.3 Å². The van der Waals surface area contributed by atoms with Gasteiger partial charge in [-0.15, -0.1) is 0 Å². The second-order valence-electron chi connectivity index (χ2n) is 5.50. The summed E-state index contributed by atoms with van der Waals surface area (Å²) in [4.78, 5) is 0. The molecule has 1 aliphatic rings. The van der Waals surface area contributed by atoms with Crippen molar-refractivity contribution in [3.63, 3.8) is 0 Å². The van der Waals surface area contributed by atoms with Crippen molar-refractivity contribution in [1.82, 2.24) is 0 Å². The maximum Gasteiger partial charge on any atom is 0.119 e. The van der Waals surface area contributed by atoms with E-state index < -0.39 is 0 Å². The summed E-state index contributed by atoms with van der Waals surface area (Å²) < 4.78 is 10.6. The number of hydrogen-bond donors (Lipinski definition) is 0. The number of ether oxygens (including phenoxy) is 2. The first-order chi connectivity index (χ1) is 9.83. The number of methoxy groups -OCH3 is 1. The van der Waals surface area contributed by atoms with Gasteiger partial charge in [0.15, 0.2) is 0 Å². The second-order valence-corrected chi connectivity index (χ2v) is 5.50. The molecule has 1 fully saturated rings. The Morgan fingerprint density at radius 3 is 2.40 bits per heavy atom. The quantitative estimate of drug-likeness (QED) is 0.708. The van der Waals surface area contributed by atoms with Crippen LogP contribution in [0.4, 0.5) is 0 Å². The highest BCUT2D eigenvalue weighted by molar-refractivity contribution is 5.29. The van der Waals surface area contributed by atoms with Gasteiger partial charge in [-0.2, -0.15) is 0 Å². The third-order valence-corrected chi connectivity index (χ3v) is 4.11. The van der Waals surface area contributed by atoms with E-state index >= 15 is 0 Å². The minimum absolute atomic E-state index is 0.720. The summed E-state index contributed by atoms with van der Waals surface area (Å²) in [6, 6.07) is 8.67. The Bertz CT molecular complexity index is 400. The van der Waals surface area contributed by atoms with Crippen molar-refractivity contribution in [3.05, 3.63) is 42.0 Å². The molecule has 1 aliphatic carbocycles. The van der Waals surface area contributed by atoms with Gasteiger partial charge in [-0.25, -0.2) is 0 Å². The van der Waals surface area contributed by atoms with E-state index in [1.54, 1.807) is 7.11 Å². The molecule has 0 spiro atoms. The lowest BCUT2D eigenvalue weighted by molar-refractivity contribution is 0.233. The third-order valence-electron chi connectivity index (χ3n) is 4.11. The Morgan fingerprint density at radius 1 is 1.10 bits per heavy atom. The molecule has 1 aromatic carbocycles. The highest BCUT2D eigenvalue weighted by Gasteiger charge is 2.20. The van der Waals surface area contributed by atoms with E-state index in [-0.39, 0.29) is 0 Å². The molecule has 0 bridgehead atoms. The maximum atomic E-state index is 5.50. The molecule has 2 heteroatoms. The Hall–Kier alpha value is -1.28. The molecule has 0 N–H and O–H groups in total.